The van der Waals surface area contributed by atoms with Crippen molar-refractivity contribution < 1.29 is 14.6 Å². The van der Waals surface area contributed by atoms with Crippen LogP contribution in [0.2, 0.25) is 0 Å². The molecule has 0 saturated heterocycles. The molecule has 0 aliphatic carbocycles. The largest absolute Gasteiger partial charge is 0.507 e. The predicted molar refractivity (Wildman–Crippen MR) is 84.9 cm³/mol. The summed E-state index contributed by atoms with van der Waals surface area (Å²) in [5.41, 5.74) is 6.85. The number of thiocarbonyl (C=S) groups is 1. The summed E-state index contributed by atoms with van der Waals surface area (Å²) in [6.45, 7) is 0. The van der Waals surface area contributed by atoms with Crippen LogP contribution < -0.4 is 15.8 Å². The SMILES string of the molecule is COc1ccc(O)c(C(=O)Nc2cccc(C(N)=S)c2)c1. The number of rotatable bonds is 4. The number of anilines is 1. The Bertz CT molecular complexity index is 701. The van der Waals surface area contributed by atoms with E-state index in [1.165, 1.54) is 19.2 Å². The van der Waals surface area contributed by atoms with Crippen molar-refractivity contribution in [1.29, 1.82) is 0 Å². The van der Waals surface area contributed by atoms with E-state index in [-0.39, 0.29) is 16.3 Å². The van der Waals surface area contributed by atoms with Crippen molar-refractivity contribution in [1.82, 2.24) is 0 Å². The molecule has 0 fully saturated rings. The van der Waals surface area contributed by atoms with Gasteiger partial charge in [-0.05, 0) is 30.3 Å². The molecule has 0 aliphatic heterocycles. The van der Waals surface area contributed by atoms with E-state index in [0.717, 1.165) is 0 Å². The topological polar surface area (TPSA) is 84.6 Å². The standard InChI is InChI=1S/C15H14N2O3S/c1-20-11-5-6-13(18)12(8-11)15(19)17-10-4-2-3-9(7-10)14(16)21/h2-8,18H,1H3,(H2,16,21)(H,17,19). The second kappa shape index (κ2) is 6.23. The number of hydrogen-bond donors (Lipinski definition) is 3. The minimum absolute atomic E-state index is 0.120. The third kappa shape index (κ3) is 3.49. The van der Waals surface area contributed by atoms with Crippen LogP contribution in [0.4, 0.5) is 5.69 Å². The number of ether oxygens (including phenoxy) is 1. The van der Waals surface area contributed by atoms with Gasteiger partial charge in [-0.15, -0.1) is 0 Å². The van der Waals surface area contributed by atoms with Crippen molar-refractivity contribution in [2.45, 2.75) is 0 Å². The molecule has 0 atom stereocenters. The van der Waals surface area contributed by atoms with Gasteiger partial charge in [0.15, 0.2) is 0 Å². The van der Waals surface area contributed by atoms with Crippen LogP contribution in [0.3, 0.4) is 0 Å². The molecule has 0 aliphatic rings. The highest BCUT2D eigenvalue weighted by atomic mass is 32.1. The van der Waals surface area contributed by atoms with E-state index in [1.54, 1.807) is 30.3 Å². The molecule has 2 rings (SSSR count). The molecule has 0 heterocycles. The number of phenols is 1. The quantitative estimate of drug-likeness (QED) is 0.755. The van der Waals surface area contributed by atoms with Crippen molar-refractivity contribution in [2.24, 2.45) is 5.73 Å². The van der Waals surface area contributed by atoms with E-state index in [4.69, 9.17) is 22.7 Å². The number of nitrogens with two attached hydrogens (primary N) is 1. The Kier molecular flexibility index (Phi) is 4.39. The lowest BCUT2D eigenvalue weighted by Crippen LogP contribution is -2.14. The summed E-state index contributed by atoms with van der Waals surface area (Å²) in [5.74, 6) is -0.0971. The molecular weight excluding hydrogens is 288 g/mol. The highest BCUT2D eigenvalue weighted by molar-refractivity contribution is 7.80. The van der Waals surface area contributed by atoms with E-state index in [2.05, 4.69) is 5.32 Å². The average Bonchev–Trinajstić information content (AvgIpc) is 2.48. The summed E-state index contributed by atoms with van der Waals surface area (Å²) < 4.78 is 5.04. The van der Waals surface area contributed by atoms with Gasteiger partial charge in [0, 0.05) is 11.3 Å². The fourth-order valence-electron chi connectivity index (χ4n) is 1.77. The number of phenolic OH excluding ortho intramolecular Hbond substituents is 1. The summed E-state index contributed by atoms with van der Waals surface area (Å²) in [4.78, 5) is 12.4. The van der Waals surface area contributed by atoms with Gasteiger partial charge in [-0.25, -0.2) is 0 Å². The van der Waals surface area contributed by atoms with Gasteiger partial charge < -0.3 is 20.9 Å². The number of nitrogens with one attached hydrogen (secondary N) is 1. The minimum atomic E-state index is -0.452. The Morgan fingerprint density at radius 2 is 2.05 bits per heavy atom. The predicted octanol–water partition coefficient (Wildman–Crippen LogP) is 2.29. The summed E-state index contributed by atoms with van der Waals surface area (Å²) in [6.07, 6.45) is 0. The van der Waals surface area contributed by atoms with Crippen LogP contribution in [0.15, 0.2) is 42.5 Å². The molecule has 0 spiro atoms. The Morgan fingerprint density at radius 1 is 1.29 bits per heavy atom. The Hall–Kier alpha value is -2.60. The fraction of sp³-hybridized carbons (Fsp3) is 0.0667. The molecule has 1 amide bonds. The molecular formula is C15H14N2O3S. The second-order valence-corrected chi connectivity index (χ2v) is 4.72. The van der Waals surface area contributed by atoms with E-state index in [1.807, 2.05) is 0 Å². The first-order chi connectivity index (χ1) is 10.0. The first-order valence-corrected chi connectivity index (χ1v) is 6.50. The van der Waals surface area contributed by atoms with Crippen molar-refractivity contribution in [2.75, 3.05) is 12.4 Å². The number of carbonyl (C=O) groups excluding carboxylic acids is 1. The first-order valence-electron chi connectivity index (χ1n) is 6.09. The highest BCUT2D eigenvalue weighted by Gasteiger charge is 2.13. The molecule has 0 aromatic heterocycles. The Labute approximate surface area is 127 Å². The van der Waals surface area contributed by atoms with Crippen LogP contribution in [0.25, 0.3) is 0 Å². The molecule has 108 valence electrons. The zero-order valence-electron chi connectivity index (χ0n) is 11.3. The van der Waals surface area contributed by atoms with Gasteiger partial charge >= 0.3 is 0 Å². The smallest absolute Gasteiger partial charge is 0.259 e. The molecule has 0 bridgehead atoms. The van der Waals surface area contributed by atoms with Gasteiger partial charge in [0.05, 0.1) is 12.7 Å². The third-order valence-electron chi connectivity index (χ3n) is 2.85. The van der Waals surface area contributed by atoms with Crippen LogP contribution >= 0.6 is 12.2 Å². The maximum absolute atomic E-state index is 12.2. The maximum atomic E-state index is 12.2. The first kappa shape index (κ1) is 14.8. The molecule has 2 aromatic rings. The van der Waals surface area contributed by atoms with Crippen LogP contribution in [-0.2, 0) is 0 Å². The molecule has 2 aromatic carbocycles. The lowest BCUT2D eigenvalue weighted by Gasteiger charge is -2.09. The highest BCUT2D eigenvalue weighted by Crippen LogP contribution is 2.24. The molecule has 21 heavy (non-hydrogen) atoms. The monoisotopic (exact) mass is 302 g/mol. The van der Waals surface area contributed by atoms with Gasteiger partial charge in [-0.3, -0.25) is 4.79 Å². The van der Waals surface area contributed by atoms with Crippen molar-refractivity contribution >= 4 is 28.8 Å². The van der Waals surface area contributed by atoms with Gasteiger partial charge in [0.25, 0.3) is 5.91 Å². The molecule has 0 unspecified atom stereocenters. The molecule has 6 heteroatoms. The van der Waals surface area contributed by atoms with Gasteiger partial charge in [0.2, 0.25) is 0 Å². The van der Waals surface area contributed by atoms with Crippen molar-refractivity contribution in [3.05, 3.63) is 53.6 Å². The number of hydrogen-bond acceptors (Lipinski definition) is 4. The second-order valence-electron chi connectivity index (χ2n) is 4.28. The summed E-state index contributed by atoms with van der Waals surface area (Å²) in [5, 5.41) is 12.4. The molecule has 5 nitrogen and oxygen atoms in total. The van der Waals surface area contributed by atoms with E-state index < -0.39 is 5.91 Å². The van der Waals surface area contributed by atoms with E-state index in [9.17, 15) is 9.90 Å². The normalized spacial score (nSPS) is 9.95. The number of aromatic hydroxyl groups is 1. The average molecular weight is 302 g/mol. The minimum Gasteiger partial charge on any atom is -0.507 e. The van der Waals surface area contributed by atoms with Crippen molar-refractivity contribution in [3.63, 3.8) is 0 Å². The Balaban J connectivity index is 2.25. The van der Waals surface area contributed by atoms with Crippen LogP contribution in [0.5, 0.6) is 11.5 Å². The van der Waals surface area contributed by atoms with Crippen LogP contribution in [0.1, 0.15) is 15.9 Å². The van der Waals surface area contributed by atoms with Crippen LogP contribution in [-0.4, -0.2) is 23.1 Å². The summed E-state index contributed by atoms with van der Waals surface area (Å²) in [7, 11) is 1.49. The molecule has 0 radical (unpaired) electrons. The Morgan fingerprint density at radius 3 is 2.71 bits per heavy atom. The zero-order chi connectivity index (χ0) is 15.4. The summed E-state index contributed by atoms with van der Waals surface area (Å²) >= 11 is 4.89. The zero-order valence-corrected chi connectivity index (χ0v) is 12.1. The number of methoxy groups -OCH3 is 1. The maximum Gasteiger partial charge on any atom is 0.259 e. The fourth-order valence-corrected chi connectivity index (χ4v) is 1.90. The van der Waals surface area contributed by atoms with Gasteiger partial charge in [-0.2, -0.15) is 0 Å². The number of carbonyl (C=O) groups is 1. The molecule has 4 N–H and O–H groups in total. The van der Waals surface area contributed by atoms with Gasteiger partial charge in [0.1, 0.15) is 16.5 Å². The number of benzene rings is 2. The van der Waals surface area contributed by atoms with Crippen molar-refractivity contribution in [3.8, 4) is 11.5 Å². The molecule has 0 saturated carbocycles. The number of amides is 1. The van der Waals surface area contributed by atoms with E-state index >= 15 is 0 Å². The lowest BCUT2D eigenvalue weighted by atomic mass is 10.1. The van der Waals surface area contributed by atoms with Gasteiger partial charge in [-0.1, -0.05) is 24.4 Å². The van der Waals surface area contributed by atoms with Crippen LogP contribution in [0, 0.1) is 0 Å². The summed E-state index contributed by atoms with van der Waals surface area (Å²) in [6, 6.07) is 11.3. The lowest BCUT2D eigenvalue weighted by molar-refractivity contribution is 0.102. The third-order valence-corrected chi connectivity index (χ3v) is 3.09. The van der Waals surface area contributed by atoms with E-state index in [0.29, 0.717) is 17.0 Å².